The number of amides is 2. The predicted octanol–water partition coefficient (Wildman–Crippen LogP) is 4.08. The Labute approximate surface area is 184 Å². The van der Waals surface area contributed by atoms with Crippen LogP contribution in [0.4, 0.5) is 11.4 Å². The van der Waals surface area contributed by atoms with Crippen LogP contribution in [-0.4, -0.2) is 28.1 Å². The van der Waals surface area contributed by atoms with Gasteiger partial charge in [0, 0.05) is 39.0 Å². The van der Waals surface area contributed by atoms with Gasteiger partial charge in [0.2, 0.25) is 0 Å². The maximum absolute atomic E-state index is 12.4. The molecule has 0 saturated heterocycles. The molecule has 0 spiro atoms. The van der Waals surface area contributed by atoms with Crippen molar-refractivity contribution in [1.82, 2.24) is 5.43 Å². The minimum atomic E-state index is -0.587. The highest BCUT2D eigenvalue weighted by molar-refractivity contribution is 9.10. The molecule has 0 atom stereocenters. The second kappa shape index (κ2) is 9.63. The Balaban J connectivity index is 1.68. The SMILES string of the molecule is O=C(N/N=C\c1cc(Br)ccc1O)c1cccc(NC(=O)c2cccc([N+](=O)[O-])c2)c1. The second-order valence-corrected chi connectivity index (χ2v) is 7.16. The average molecular weight is 483 g/mol. The average Bonchev–Trinajstić information content (AvgIpc) is 2.76. The summed E-state index contributed by atoms with van der Waals surface area (Å²) in [5.41, 5.74) is 3.23. The fraction of sp³-hybridized carbons (Fsp3) is 0. The number of non-ortho nitro benzene ring substituents is 1. The van der Waals surface area contributed by atoms with Crippen molar-refractivity contribution in [3.63, 3.8) is 0 Å². The number of rotatable bonds is 6. The van der Waals surface area contributed by atoms with E-state index in [1.807, 2.05) is 0 Å². The summed E-state index contributed by atoms with van der Waals surface area (Å²) in [5.74, 6) is -1.08. The number of hydrogen-bond acceptors (Lipinski definition) is 6. The van der Waals surface area contributed by atoms with Gasteiger partial charge in [-0.25, -0.2) is 5.43 Å². The Morgan fingerprint density at radius 2 is 1.71 bits per heavy atom. The summed E-state index contributed by atoms with van der Waals surface area (Å²) in [7, 11) is 0. The standard InChI is InChI=1S/C21H15BrN4O5/c22-16-7-8-19(27)15(9-16)12-23-25-21(29)13-3-1-5-17(10-13)24-20(28)14-4-2-6-18(11-14)26(30)31/h1-12,27H,(H,24,28)(H,25,29)/b23-12-. The molecule has 156 valence electrons. The molecule has 31 heavy (non-hydrogen) atoms. The Bertz CT molecular complexity index is 1200. The Morgan fingerprint density at radius 1 is 1.00 bits per heavy atom. The molecule has 0 aliphatic rings. The van der Waals surface area contributed by atoms with Gasteiger partial charge >= 0.3 is 0 Å². The Kier molecular flexibility index (Phi) is 6.73. The van der Waals surface area contributed by atoms with Gasteiger partial charge in [-0.3, -0.25) is 19.7 Å². The lowest BCUT2D eigenvalue weighted by Gasteiger charge is -2.07. The van der Waals surface area contributed by atoms with Gasteiger partial charge in [0.05, 0.1) is 11.1 Å². The molecule has 2 amide bonds. The van der Waals surface area contributed by atoms with E-state index in [4.69, 9.17) is 0 Å². The van der Waals surface area contributed by atoms with E-state index in [0.29, 0.717) is 11.3 Å². The molecule has 0 aliphatic heterocycles. The van der Waals surface area contributed by atoms with Gasteiger partial charge < -0.3 is 10.4 Å². The molecule has 3 aromatic carbocycles. The first kappa shape index (κ1) is 21.7. The Hall–Kier alpha value is -4.05. The summed E-state index contributed by atoms with van der Waals surface area (Å²) < 4.78 is 0.741. The normalized spacial score (nSPS) is 10.6. The topological polar surface area (TPSA) is 134 Å². The molecular formula is C21H15BrN4O5. The minimum Gasteiger partial charge on any atom is -0.507 e. The van der Waals surface area contributed by atoms with Gasteiger partial charge in [-0.2, -0.15) is 5.10 Å². The van der Waals surface area contributed by atoms with Crippen LogP contribution in [0.3, 0.4) is 0 Å². The molecule has 3 N–H and O–H groups in total. The van der Waals surface area contributed by atoms with Crippen LogP contribution in [0.25, 0.3) is 0 Å². The molecule has 0 saturated carbocycles. The summed E-state index contributed by atoms with van der Waals surface area (Å²) in [4.78, 5) is 35.0. The number of carbonyl (C=O) groups excluding carboxylic acids is 2. The fourth-order valence-electron chi connectivity index (χ4n) is 2.56. The largest absolute Gasteiger partial charge is 0.507 e. The summed E-state index contributed by atoms with van der Waals surface area (Å²) in [6.07, 6.45) is 1.30. The number of phenols is 1. The molecule has 0 aromatic heterocycles. The van der Waals surface area contributed by atoms with Gasteiger partial charge in [0.25, 0.3) is 17.5 Å². The summed E-state index contributed by atoms with van der Waals surface area (Å²) in [5, 5.41) is 27.1. The summed E-state index contributed by atoms with van der Waals surface area (Å²) in [6.45, 7) is 0. The number of benzene rings is 3. The Morgan fingerprint density at radius 3 is 2.45 bits per heavy atom. The number of hydrazone groups is 1. The number of aromatic hydroxyl groups is 1. The van der Waals surface area contributed by atoms with Crippen molar-refractivity contribution in [2.75, 3.05) is 5.32 Å². The highest BCUT2D eigenvalue weighted by Gasteiger charge is 2.13. The maximum Gasteiger partial charge on any atom is 0.271 e. The quantitative estimate of drug-likeness (QED) is 0.276. The smallest absolute Gasteiger partial charge is 0.271 e. The van der Waals surface area contributed by atoms with Crippen molar-refractivity contribution >= 4 is 45.3 Å². The molecule has 10 heteroatoms. The van der Waals surface area contributed by atoms with Crippen molar-refractivity contribution in [2.24, 2.45) is 5.10 Å². The van der Waals surface area contributed by atoms with Crippen LogP contribution in [0.5, 0.6) is 5.75 Å². The number of nitro benzene ring substituents is 1. The zero-order valence-corrected chi connectivity index (χ0v) is 17.4. The van der Waals surface area contributed by atoms with E-state index in [9.17, 15) is 24.8 Å². The highest BCUT2D eigenvalue weighted by Crippen LogP contribution is 2.20. The van der Waals surface area contributed by atoms with E-state index < -0.39 is 16.7 Å². The van der Waals surface area contributed by atoms with Crippen LogP contribution in [0, 0.1) is 10.1 Å². The first-order valence-corrected chi connectivity index (χ1v) is 9.60. The number of carbonyl (C=O) groups is 2. The number of anilines is 1. The molecular weight excluding hydrogens is 468 g/mol. The van der Waals surface area contributed by atoms with Gasteiger partial charge in [-0.15, -0.1) is 0 Å². The number of hydrogen-bond donors (Lipinski definition) is 3. The van der Waals surface area contributed by atoms with E-state index in [2.05, 4.69) is 31.8 Å². The third-order valence-corrected chi connectivity index (χ3v) is 4.55. The molecule has 3 aromatic rings. The van der Waals surface area contributed by atoms with E-state index in [0.717, 1.165) is 10.5 Å². The van der Waals surface area contributed by atoms with Crippen LogP contribution in [0.2, 0.25) is 0 Å². The van der Waals surface area contributed by atoms with Crippen LogP contribution in [0.15, 0.2) is 76.3 Å². The lowest BCUT2D eigenvalue weighted by atomic mass is 10.1. The van der Waals surface area contributed by atoms with E-state index in [-0.39, 0.29) is 22.6 Å². The fourth-order valence-corrected chi connectivity index (χ4v) is 2.93. The molecule has 0 unspecified atom stereocenters. The van der Waals surface area contributed by atoms with Crippen molar-refractivity contribution in [2.45, 2.75) is 0 Å². The van der Waals surface area contributed by atoms with Crippen LogP contribution in [-0.2, 0) is 0 Å². The number of nitrogens with one attached hydrogen (secondary N) is 2. The number of nitro groups is 1. The van der Waals surface area contributed by atoms with E-state index >= 15 is 0 Å². The second-order valence-electron chi connectivity index (χ2n) is 6.24. The lowest BCUT2D eigenvalue weighted by molar-refractivity contribution is -0.384. The zero-order chi connectivity index (χ0) is 22.4. The maximum atomic E-state index is 12.4. The van der Waals surface area contributed by atoms with Gasteiger partial charge in [0.1, 0.15) is 5.75 Å². The monoisotopic (exact) mass is 482 g/mol. The van der Waals surface area contributed by atoms with Crippen molar-refractivity contribution in [3.8, 4) is 5.75 Å². The van der Waals surface area contributed by atoms with Crippen LogP contribution < -0.4 is 10.7 Å². The van der Waals surface area contributed by atoms with Gasteiger partial charge in [-0.1, -0.05) is 28.1 Å². The minimum absolute atomic E-state index is 0.00653. The van der Waals surface area contributed by atoms with Gasteiger partial charge in [0.15, 0.2) is 0 Å². The first-order chi connectivity index (χ1) is 14.8. The molecule has 0 aliphatic carbocycles. The van der Waals surface area contributed by atoms with Crippen LogP contribution in [0.1, 0.15) is 26.3 Å². The first-order valence-electron chi connectivity index (χ1n) is 8.81. The summed E-state index contributed by atoms with van der Waals surface area (Å²) >= 11 is 3.28. The third kappa shape index (κ3) is 5.73. The number of nitrogens with zero attached hydrogens (tertiary/aromatic N) is 2. The zero-order valence-electron chi connectivity index (χ0n) is 15.8. The van der Waals surface area contributed by atoms with Crippen molar-refractivity contribution < 1.29 is 19.6 Å². The van der Waals surface area contributed by atoms with Crippen molar-refractivity contribution in [1.29, 1.82) is 0 Å². The molecule has 3 rings (SSSR count). The van der Waals surface area contributed by atoms with E-state index in [1.54, 1.807) is 24.3 Å². The van der Waals surface area contributed by atoms with Crippen LogP contribution >= 0.6 is 15.9 Å². The highest BCUT2D eigenvalue weighted by atomic mass is 79.9. The predicted molar refractivity (Wildman–Crippen MR) is 118 cm³/mol. The molecule has 0 bridgehead atoms. The molecule has 9 nitrogen and oxygen atoms in total. The van der Waals surface area contributed by atoms with E-state index in [1.165, 1.54) is 42.6 Å². The van der Waals surface area contributed by atoms with Gasteiger partial charge in [-0.05, 0) is 42.5 Å². The number of phenolic OH excluding ortho intramolecular Hbond substituents is 1. The molecule has 0 radical (unpaired) electrons. The summed E-state index contributed by atoms with van der Waals surface area (Å²) in [6, 6.07) is 16.2. The number of halogens is 1. The molecule has 0 heterocycles. The van der Waals surface area contributed by atoms with Crippen molar-refractivity contribution in [3.05, 3.63) is 98.0 Å². The lowest BCUT2D eigenvalue weighted by Crippen LogP contribution is -2.18. The molecule has 0 fully saturated rings. The third-order valence-electron chi connectivity index (χ3n) is 4.06.